The van der Waals surface area contributed by atoms with E-state index in [-0.39, 0.29) is 18.3 Å². The molecule has 1 aliphatic heterocycles. The van der Waals surface area contributed by atoms with Crippen molar-refractivity contribution in [3.63, 3.8) is 0 Å². The number of rotatable bonds is 5. The summed E-state index contributed by atoms with van der Waals surface area (Å²) in [5.74, 6) is 0.706. The van der Waals surface area contributed by atoms with Gasteiger partial charge in [0.2, 0.25) is 0 Å². The topological polar surface area (TPSA) is 61.0 Å². The molecule has 1 aliphatic carbocycles. The van der Waals surface area contributed by atoms with E-state index in [9.17, 15) is 4.79 Å². The molecule has 0 atom stereocenters. The van der Waals surface area contributed by atoms with Gasteiger partial charge in [0, 0.05) is 43.9 Å². The second kappa shape index (κ2) is 8.02. The SMILES string of the molecule is Cl.O=C(c1n[nH]c2c1CNCC2)N(Cc1ccccc1)CC1CCC1. The number of hydrogen-bond donors (Lipinski definition) is 2. The van der Waals surface area contributed by atoms with Crippen LogP contribution < -0.4 is 5.32 Å². The van der Waals surface area contributed by atoms with E-state index < -0.39 is 0 Å². The summed E-state index contributed by atoms with van der Waals surface area (Å²) < 4.78 is 0. The molecule has 2 N–H and O–H groups in total. The summed E-state index contributed by atoms with van der Waals surface area (Å²) in [6.45, 7) is 3.17. The lowest BCUT2D eigenvalue weighted by atomic mass is 9.85. The number of fused-ring (bicyclic) bond motifs is 1. The zero-order valence-electron chi connectivity index (χ0n) is 14.3. The summed E-state index contributed by atoms with van der Waals surface area (Å²) in [5.41, 5.74) is 3.94. The molecule has 4 rings (SSSR count). The number of carbonyl (C=O) groups excluding carboxylic acids is 1. The third-order valence-corrected chi connectivity index (χ3v) is 5.22. The molecule has 1 saturated carbocycles. The predicted molar refractivity (Wildman–Crippen MR) is 99.8 cm³/mol. The summed E-state index contributed by atoms with van der Waals surface area (Å²) in [7, 11) is 0. The van der Waals surface area contributed by atoms with Crippen molar-refractivity contribution in [3.8, 4) is 0 Å². The zero-order chi connectivity index (χ0) is 16.4. The number of hydrogen-bond acceptors (Lipinski definition) is 3. The van der Waals surface area contributed by atoms with Crippen LogP contribution in [0.15, 0.2) is 30.3 Å². The van der Waals surface area contributed by atoms with E-state index in [1.165, 1.54) is 24.8 Å². The number of benzene rings is 1. The molecule has 1 fully saturated rings. The third-order valence-electron chi connectivity index (χ3n) is 5.22. The minimum atomic E-state index is 0. The predicted octanol–water partition coefficient (Wildman–Crippen LogP) is 2.92. The van der Waals surface area contributed by atoms with Gasteiger partial charge in [-0.3, -0.25) is 9.89 Å². The summed E-state index contributed by atoms with van der Waals surface area (Å²) in [6.07, 6.45) is 4.67. The summed E-state index contributed by atoms with van der Waals surface area (Å²) in [6, 6.07) is 10.2. The van der Waals surface area contributed by atoms with E-state index in [1.54, 1.807) is 0 Å². The van der Waals surface area contributed by atoms with Gasteiger partial charge in [0.1, 0.15) is 0 Å². The van der Waals surface area contributed by atoms with Crippen LogP contribution in [0.25, 0.3) is 0 Å². The van der Waals surface area contributed by atoms with Crippen molar-refractivity contribution in [1.82, 2.24) is 20.4 Å². The Bertz CT molecular complexity index is 711. The van der Waals surface area contributed by atoms with Crippen molar-refractivity contribution in [3.05, 3.63) is 52.8 Å². The Morgan fingerprint density at radius 2 is 2.04 bits per heavy atom. The molecule has 5 nitrogen and oxygen atoms in total. The molecule has 1 amide bonds. The lowest BCUT2D eigenvalue weighted by Gasteiger charge is -2.32. The van der Waals surface area contributed by atoms with Gasteiger partial charge in [0.25, 0.3) is 5.91 Å². The van der Waals surface area contributed by atoms with Crippen LogP contribution in [0.4, 0.5) is 0 Å². The monoisotopic (exact) mass is 360 g/mol. The minimum Gasteiger partial charge on any atom is -0.333 e. The number of H-pyrrole nitrogens is 1. The number of nitrogens with one attached hydrogen (secondary N) is 2. The van der Waals surface area contributed by atoms with Crippen molar-refractivity contribution in [1.29, 1.82) is 0 Å². The number of aromatic nitrogens is 2. The summed E-state index contributed by atoms with van der Waals surface area (Å²) in [4.78, 5) is 15.2. The molecule has 1 aromatic carbocycles. The molecule has 134 valence electrons. The number of aromatic amines is 1. The van der Waals surface area contributed by atoms with Crippen LogP contribution in [0.1, 0.15) is 46.6 Å². The van der Waals surface area contributed by atoms with Gasteiger partial charge < -0.3 is 10.2 Å². The van der Waals surface area contributed by atoms with Crippen LogP contribution in [-0.4, -0.2) is 34.1 Å². The van der Waals surface area contributed by atoms with Crippen LogP contribution in [0.2, 0.25) is 0 Å². The Morgan fingerprint density at radius 1 is 1.24 bits per heavy atom. The van der Waals surface area contributed by atoms with Crippen molar-refractivity contribution in [2.75, 3.05) is 13.1 Å². The second-order valence-corrected chi connectivity index (χ2v) is 6.92. The van der Waals surface area contributed by atoms with Gasteiger partial charge in [0.05, 0.1) is 0 Å². The number of carbonyl (C=O) groups is 1. The van der Waals surface area contributed by atoms with Gasteiger partial charge >= 0.3 is 0 Å². The standard InChI is InChI=1S/C19H24N4O.ClH/c24-19(18-16-11-20-10-9-17(16)21-22-18)23(13-15-7-4-8-15)12-14-5-2-1-3-6-14;/h1-3,5-6,15,20H,4,7-13H2,(H,21,22);1H. The molecule has 0 saturated heterocycles. The Hall–Kier alpha value is -1.85. The third kappa shape index (κ3) is 3.88. The van der Waals surface area contributed by atoms with Crippen molar-refractivity contribution in [2.45, 2.75) is 38.8 Å². The van der Waals surface area contributed by atoms with Gasteiger partial charge in [0.15, 0.2) is 5.69 Å². The van der Waals surface area contributed by atoms with E-state index in [4.69, 9.17) is 0 Å². The molecule has 0 radical (unpaired) electrons. The molecule has 2 aliphatic rings. The number of halogens is 1. The van der Waals surface area contributed by atoms with Crippen LogP contribution in [0.5, 0.6) is 0 Å². The van der Waals surface area contributed by atoms with E-state index in [0.717, 1.165) is 37.3 Å². The molecule has 0 bridgehead atoms. The van der Waals surface area contributed by atoms with E-state index in [1.807, 2.05) is 23.1 Å². The normalized spacial score (nSPS) is 16.5. The molecule has 2 aromatic rings. The van der Waals surface area contributed by atoms with Gasteiger partial charge in [-0.25, -0.2) is 0 Å². The van der Waals surface area contributed by atoms with E-state index >= 15 is 0 Å². The van der Waals surface area contributed by atoms with Gasteiger partial charge in [-0.1, -0.05) is 36.8 Å². The molecular formula is C19H25ClN4O. The van der Waals surface area contributed by atoms with Crippen LogP contribution in [-0.2, 0) is 19.5 Å². The molecule has 25 heavy (non-hydrogen) atoms. The van der Waals surface area contributed by atoms with Gasteiger partial charge in [-0.15, -0.1) is 12.4 Å². The number of nitrogens with zero attached hydrogens (tertiary/aromatic N) is 2. The van der Waals surface area contributed by atoms with Crippen molar-refractivity contribution in [2.24, 2.45) is 5.92 Å². The Morgan fingerprint density at radius 3 is 2.76 bits per heavy atom. The van der Waals surface area contributed by atoms with E-state index in [2.05, 4.69) is 27.6 Å². The average Bonchev–Trinajstić information content (AvgIpc) is 3.01. The van der Waals surface area contributed by atoms with Crippen LogP contribution >= 0.6 is 12.4 Å². The Labute approximate surface area is 154 Å². The quantitative estimate of drug-likeness (QED) is 0.861. The average molecular weight is 361 g/mol. The Kier molecular flexibility index (Phi) is 5.76. The highest BCUT2D eigenvalue weighted by molar-refractivity contribution is 5.94. The highest BCUT2D eigenvalue weighted by Crippen LogP contribution is 2.28. The number of amides is 1. The first-order valence-corrected chi connectivity index (χ1v) is 8.91. The van der Waals surface area contributed by atoms with Crippen molar-refractivity contribution < 1.29 is 4.79 Å². The lowest BCUT2D eigenvalue weighted by Crippen LogP contribution is -2.38. The first-order valence-electron chi connectivity index (χ1n) is 8.91. The van der Waals surface area contributed by atoms with Gasteiger partial charge in [-0.2, -0.15) is 5.10 Å². The maximum atomic E-state index is 13.2. The molecule has 0 unspecified atom stereocenters. The summed E-state index contributed by atoms with van der Waals surface area (Å²) >= 11 is 0. The lowest BCUT2D eigenvalue weighted by molar-refractivity contribution is 0.0672. The Balaban J connectivity index is 0.00000182. The highest BCUT2D eigenvalue weighted by atomic mass is 35.5. The fourth-order valence-electron chi connectivity index (χ4n) is 3.56. The van der Waals surface area contributed by atoms with E-state index in [0.29, 0.717) is 18.2 Å². The first-order chi connectivity index (χ1) is 11.8. The molecule has 1 aromatic heterocycles. The molecular weight excluding hydrogens is 336 g/mol. The first kappa shape index (κ1) is 18.0. The van der Waals surface area contributed by atoms with Gasteiger partial charge in [-0.05, 0) is 24.3 Å². The maximum Gasteiger partial charge on any atom is 0.275 e. The minimum absolute atomic E-state index is 0. The maximum absolute atomic E-state index is 13.2. The largest absolute Gasteiger partial charge is 0.333 e. The van der Waals surface area contributed by atoms with Crippen molar-refractivity contribution >= 4 is 18.3 Å². The summed E-state index contributed by atoms with van der Waals surface area (Å²) in [5, 5.41) is 10.8. The zero-order valence-corrected chi connectivity index (χ0v) is 15.1. The second-order valence-electron chi connectivity index (χ2n) is 6.92. The molecule has 6 heteroatoms. The fourth-order valence-corrected chi connectivity index (χ4v) is 3.56. The molecule has 2 heterocycles. The van der Waals surface area contributed by atoms with Crippen LogP contribution in [0, 0.1) is 5.92 Å². The highest BCUT2D eigenvalue weighted by Gasteiger charge is 2.29. The smallest absolute Gasteiger partial charge is 0.275 e. The molecule has 0 spiro atoms. The van der Waals surface area contributed by atoms with Crippen LogP contribution in [0.3, 0.4) is 0 Å². The fraction of sp³-hybridized carbons (Fsp3) is 0.474.